The number of carbonyl (C=O) groups excluding carboxylic acids is 2. The molecule has 0 spiro atoms. The normalized spacial score (nSPS) is 20.8. The van der Waals surface area contributed by atoms with E-state index in [2.05, 4.69) is 16.0 Å². The molecule has 0 fully saturated rings. The molecule has 0 unspecified atom stereocenters. The first kappa shape index (κ1) is 23.3. The summed E-state index contributed by atoms with van der Waals surface area (Å²) >= 11 is 0. The van der Waals surface area contributed by atoms with Crippen LogP contribution < -0.4 is 20.7 Å². The molecule has 32 heavy (non-hydrogen) atoms. The number of hydrogen-bond acceptors (Lipinski definition) is 5. The van der Waals surface area contributed by atoms with E-state index in [0.717, 1.165) is 5.56 Å². The van der Waals surface area contributed by atoms with Gasteiger partial charge in [0.25, 0.3) is 0 Å². The van der Waals surface area contributed by atoms with Gasteiger partial charge >= 0.3 is 6.03 Å². The highest BCUT2D eigenvalue weighted by Crippen LogP contribution is 2.23. The van der Waals surface area contributed by atoms with Gasteiger partial charge in [-0.3, -0.25) is 4.79 Å². The van der Waals surface area contributed by atoms with Gasteiger partial charge in [-0.1, -0.05) is 54.6 Å². The monoisotopic (exact) mass is 439 g/mol. The summed E-state index contributed by atoms with van der Waals surface area (Å²) in [7, 11) is 1.52. The molecule has 8 heteroatoms. The average molecular weight is 440 g/mol. The number of anilines is 1. The molecule has 3 rings (SSSR count). The van der Waals surface area contributed by atoms with E-state index in [1.54, 1.807) is 36.4 Å². The van der Waals surface area contributed by atoms with Crippen LogP contribution in [0.3, 0.4) is 0 Å². The van der Waals surface area contributed by atoms with Gasteiger partial charge in [0.05, 0.1) is 44.0 Å². The summed E-state index contributed by atoms with van der Waals surface area (Å²) in [4.78, 5) is 24.8. The zero-order valence-corrected chi connectivity index (χ0v) is 18.2. The smallest absolute Gasteiger partial charge is 0.319 e. The largest absolute Gasteiger partial charge is 0.495 e. The Morgan fingerprint density at radius 2 is 1.81 bits per heavy atom. The zero-order chi connectivity index (χ0) is 22.9. The maximum Gasteiger partial charge on any atom is 0.319 e. The van der Waals surface area contributed by atoms with Crippen LogP contribution in [0.2, 0.25) is 0 Å². The van der Waals surface area contributed by atoms with Gasteiger partial charge in [0.15, 0.2) is 0 Å². The van der Waals surface area contributed by atoms with Crippen LogP contribution in [0.1, 0.15) is 24.9 Å². The number of methoxy groups -OCH3 is 1. The molecule has 4 atom stereocenters. The lowest BCUT2D eigenvalue weighted by Gasteiger charge is -2.32. The minimum Gasteiger partial charge on any atom is -0.495 e. The van der Waals surface area contributed by atoms with Gasteiger partial charge < -0.3 is 30.5 Å². The second kappa shape index (κ2) is 11.3. The third kappa shape index (κ3) is 6.32. The van der Waals surface area contributed by atoms with Gasteiger partial charge in [0, 0.05) is 0 Å². The molecule has 2 aromatic rings. The Kier molecular flexibility index (Phi) is 8.24. The molecule has 1 heterocycles. The summed E-state index contributed by atoms with van der Waals surface area (Å²) < 4.78 is 11.1. The van der Waals surface area contributed by atoms with Crippen molar-refractivity contribution < 1.29 is 24.2 Å². The van der Waals surface area contributed by atoms with Crippen LogP contribution >= 0.6 is 0 Å². The van der Waals surface area contributed by atoms with Crippen molar-refractivity contribution >= 4 is 17.6 Å². The number of nitrogens with one attached hydrogen (secondary N) is 3. The van der Waals surface area contributed by atoms with Crippen LogP contribution in [0.5, 0.6) is 5.75 Å². The van der Waals surface area contributed by atoms with Crippen LogP contribution in [-0.2, 0) is 9.53 Å². The summed E-state index contributed by atoms with van der Waals surface area (Å²) in [5.74, 6) is 0.376. The van der Waals surface area contributed by atoms with E-state index in [4.69, 9.17) is 9.47 Å². The Bertz CT molecular complexity index is 934. The van der Waals surface area contributed by atoms with E-state index in [0.29, 0.717) is 11.4 Å². The van der Waals surface area contributed by atoms with Crippen LogP contribution in [-0.4, -0.2) is 49.0 Å². The highest BCUT2D eigenvalue weighted by atomic mass is 16.5. The number of aliphatic hydroxyl groups excluding tert-OH is 1. The number of para-hydroxylation sites is 2. The fourth-order valence-corrected chi connectivity index (χ4v) is 3.50. The molecule has 8 nitrogen and oxygen atoms in total. The molecular formula is C24H29N3O5. The van der Waals surface area contributed by atoms with Gasteiger partial charge in [0.1, 0.15) is 11.9 Å². The van der Waals surface area contributed by atoms with E-state index in [-0.39, 0.29) is 25.0 Å². The third-order valence-corrected chi connectivity index (χ3v) is 5.18. The minimum absolute atomic E-state index is 0.115. The van der Waals surface area contributed by atoms with E-state index in [9.17, 15) is 14.7 Å². The van der Waals surface area contributed by atoms with Gasteiger partial charge in [-0.05, 0) is 24.6 Å². The summed E-state index contributed by atoms with van der Waals surface area (Å²) in [5, 5.41) is 18.2. The Hall–Kier alpha value is -3.36. The Balaban J connectivity index is 1.53. The summed E-state index contributed by atoms with van der Waals surface area (Å²) in [6.07, 6.45) is 2.42. The first-order valence-corrected chi connectivity index (χ1v) is 10.5. The maximum atomic E-state index is 12.4. The van der Waals surface area contributed by atoms with Gasteiger partial charge in [-0.15, -0.1) is 0 Å². The number of amides is 3. The molecule has 0 saturated heterocycles. The SMILES string of the molecule is COc1ccccc1NC(=O)N[C@@H]1C=C[C@H](CC(=O)N[C@H](C)c2ccccc2)O[C@@H]1CO. The fraction of sp³-hybridized carbons (Fsp3) is 0.333. The van der Waals surface area contributed by atoms with E-state index < -0.39 is 24.3 Å². The highest BCUT2D eigenvalue weighted by molar-refractivity contribution is 5.91. The molecule has 4 N–H and O–H groups in total. The number of carbonyl (C=O) groups is 2. The molecular weight excluding hydrogens is 410 g/mol. The van der Waals surface area contributed by atoms with Crippen molar-refractivity contribution in [1.29, 1.82) is 0 Å². The summed E-state index contributed by atoms with van der Waals surface area (Å²) in [5.41, 5.74) is 1.54. The van der Waals surface area contributed by atoms with Crippen LogP contribution in [0, 0.1) is 0 Å². The molecule has 0 saturated carbocycles. The molecule has 0 radical (unpaired) electrons. The van der Waals surface area contributed by atoms with Crippen molar-refractivity contribution in [2.45, 2.75) is 37.6 Å². The molecule has 170 valence electrons. The second-order valence-electron chi connectivity index (χ2n) is 7.51. The first-order chi connectivity index (χ1) is 15.5. The summed E-state index contributed by atoms with van der Waals surface area (Å²) in [6.45, 7) is 1.62. The van der Waals surface area contributed by atoms with Crippen molar-refractivity contribution in [3.05, 3.63) is 72.3 Å². The minimum atomic E-state index is -0.673. The second-order valence-corrected chi connectivity index (χ2v) is 7.51. The Morgan fingerprint density at radius 3 is 2.53 bits per heavy atom. The molecule has 2 aromatic carbocycles. The van der Waals surface area contributed by atoms with Crippen molar-refractivity contribution in [2.75, 3.05) is 19.0 Å². The van der Waals surface area contributed by atoms with Gasteiger partial charge in [0.2, 0.25) is 5.91 Å². The number of benzene rings is 2. The molecule has 3 amide bonds. The maximum absolute atomic E-state index is 12.4. The predicted octanol–water partition coefficient (Wildman–Crippen LogP) is 2.77. The predicted molar refractivity (Wildman–Crippen MR) is 121 cm³/mol. The van der Waals surface area contributed by atoms with Crippen molar-refractivity contribution in [3.63, 3.8) is 0 Å². The van der Waals surface area contributed by atoms with E-state index >= 15 is 0 Å². The lowest BCUT2D eigenvalue weighted by Crippen LogP contribution is -2.50. The van der Waals surface area contributed by atoms with Crippen molar-refractivity contribution in [1.82, 2.24) is 10.6 Å². The highest BCUT2D eigenvalue weighted by Gasteiger charge is 2.29. The fourth-order valence-electron chi connectivity index (χ4n) is 3.50. The topological polar surface area (TPSA) is 109 Å². The number of hydrogen-bond donors (Lipinski definition) is 4. The average Bonchev–Trinajstić information content (AvgIpc) is 2.80. The zero-order valence-electron chi connectivity index (χ0n) is 18.2. The first-order valence-electron chi connectivity index (χ1n) is 10.5. The number of aliphatic hydroxyl groups is 1. The van der Waals surface area contributed by atoms with Crippen molar-refractivity contribution in [3.8, 4) is 5.75 Å². The standard InChI is InChI=1S/C24H29N3O5/c1-16(17-8-4-3-5-9-17)25-23(29)14-18-12-13-20(22(15-28)32-18)27-24(30)26-19-10-6-7-11-21(19)31-2/h3-13,16,18,20,22,28H,14-15H2,1-2H3,(H,25,29)(H2,26,27,30)/t16-,18-,20-,22-/m1/s1. The van der Waals surface area contributed by atoms with Crippen LogP contribution in [0.15, 0.2) is 66.7 Å². The van der Waals surface area contributed by atoms with Crippen molar-refractivity contribution in [2.24, 2.45) is 0 Å². The Morgan fingerprint density at radius 1 is 1.09 bits per heavy atom. The molecule has 1 aliphatic heterocycles. The van der Waals surface area contributed by atoms with Crippen LogP contribution in [0.4, 0.5) is 10.5 Å². The van der Waals surface area contributed by atoms with E-state index in [1.165, 1.54) is 7.11 Å². The lowest BCUT2D eigenvalue weighted by atomic mass is 10.0. The molecule has 0 aromatic heterocycles. The molecule has 0 bridgehead atoms. The quantitative estimate of drug-likeness (QED) is 0.473. The van der Waals surface area contributed by atoms with E-state index in [1.807, 2.05) is 37.3 Å². The number of ether oxygens (including phenoxy) is 2. The molecule has 1 aliphatic rings. The Labute approximate surface area is 187 Å². The summed E-state index contributed by atoms with van der Waals surface area (Å²) in [6, 6.07) is 15.6. The lowest BCUT2D eigenvalue weighted by molar-refractivity contribution is -0.125. The third-order valence-electron chi connectivity index (χ3n) is 5.18. The van der Waals surface area contributed by atoms with Gasteiger partial charge in [-0.2, -0.15) is 0 Å². The number of urea groups is 1. The van der Waals surface area contributed by atoms with Gasteiger partial charge in [-0.25, -0.2) is 4.79 Å². The molecule has 0 aliphatic carbocycles. The van der Waals surface area contributed by atoms with Crippen LogP contribution in [0.25, 0.3) is 0 Å². The number of rotatable bonds is 8.